The van der Waals surface area contributed by atoms with Gasteiger partial charge < -0.3 is 5.32 Å². The molecule has 0 aliphatic carbocycles. The standard InChI is InChI=1S/C14H14ClN/c1-11-4-2-7-14(8-11)16-10-12-5-3-6-13(15)9-12/h2-9,16H,10H2,1H3. The summed E-state index contributed by atoms with van der Waals surface area (Å²) in [5.74, 6) is 0. The highest BCUT2D eigenvalue weighted by atomic mass is 35.5. The maximum Gasteiger partial charge on any atom is 0.0409 e. The molecule has 2 aromatic rings. The van der Waals surface area contributed by atoms with Gasteiger partial charge in [0, 0.05) is 17.3 Å². The van der Waals surface area contributed by atoms with Crippen LogP contribution >= 0.6 is 11.6 Å². The summed E-state index contributed by atoms with van der Waals surface area (Å²) in [6, 6.07) is 16.2. The van der Waals surface area contributed by atoms with E-state index < -0.39 is 0 Å². The van der Waals surface area contributed by atoms with E-state index in [9.17, 15) is 0 Å². The Bertz CT molecular complexity index is 434. The van der Waals surface area contributed by atoms with Gasteiger partial charge in [0.15, 0.2) is 0 Å². The fourth-order valence-corrected chi connectivity index (χ4v) is 1.82. The second-order valence-electron chi connectivity index (χ2n) is 3.85. The first-order valence-corrected chi connectivity index (χ1v) is 5.67. The molecule has 1 N–H and O–H groups in total. The van der Waals surface area contributed by atoms with Crippen molar-refractivity contribution in [2.75, 3.05) is 5.32 Å². The maximum atomic E-state index is 5.92. The molecule has 2 rings (SSSR count). The number of anilines is 1. The van der Waals surface area contributed by atoms with Crippen LogP contribution in [0, 0.1) is 6.92 Å². The summed E-state index contributed by atoms with van der Waals surface area (Å²) >= 11 is 5.92. The van der Waals surface area contributed by atoms with E-state index in [1.165, 1.54) is 11.1 Å². The molecule has 0 aliphatic rings. The van der Waals surface area contributed by atoms with Crippen LogP contribution in [0.4, 0.5) is 5.69 Å². The quantitative estimate of drug-likeness (QED) is 0.832. The van der Waals surface area contributed by atoms with E-state index in [-0.39, 0.29) is 0 Å². The molecule has 0 heterocycles. The van der Waals surface area contributed by atoms with Crippen molar-refractivity contribution in [1.29, 1.82) is 0 Å². The number of benzene rings is 2. The summed E-state index contributed by atoms with van der Waals surface area (Å²) in [7, 11) is 0. The van der Waals surface area contributed by atoms with Crippen LogP contribution in [0.2, 0.25) is 5.02 Å². The van der Waals surface area contributed by atoms with Crippen LogP contribution in [-0.2, 0) is 6.54 Å². The molecule has 0 amide bonds. The highest BCUT2D eigenvalue weighted by Crippen LogP contribution is 2.14. The van der Waals surface area contributed by atoms with E-state index in [2.05, 4.69) is 42.6 Å². The van der Waals surface area contributed by atoms with Crippen LogP contribution in [0.5, 0.6) is 0 Å². The first-order chi connectivity index (χ1) is 7.74. The predicted octanol–water partition coefficient (Wildman–Crippen LogP) is 4.26. The van der Waals surface area contributed by atoms with Crippen molar-refractivity contribution in [2.24, 2.45) is 0 Å². The summed E-state index contributed by atoms with van der Waals surface area (Å²) in [4.78, 5) is 0. The predicted molar refractivity (Wildman–Crippen MR) is 70.0 cm³/mol. The second-order valence-corrected chi connectivity index (χ2v) is 4.29. The first kappa shape index (κ1) is 11.0. The number of rotatable bonds is 3. The van der Waals surface area contributed by atoms with Crippen molar-refractivity contribution in [2.45, 2.75) is 13.5 Å². The third kappa shape index (κ3) is 3.01. The van der Waals surface area contributed by atoms with E-state index in [1.807, 2.05) is 18.2 Å². The fourth-order valence-electron chi connectivity index (χ4n) is 1.61. The van der Waals surface area contributed by atoms with Gasteiger partial charge in [0.2, 0.25) is 0 Å². The summed E-state index contributed by atoms with van der Waals surface area (Å²) in [5, 5.41) is 4.15. The van der Waals surface area contributed by atoms with Gasteiger partial charge in [-0.05, 0) is 42.3 Å². The summed E-state index contributed by atoms with van der Waals surface area (Å²) in [6.45, 7) is 2.88. The Labute approximate surface area is 101 Å². The van der Waals surface area contributed by atoms with Gasteiger partial charge in [-0.2, -0.15) is 0 Å². The third-order valence-corrected chi connectivity index (χ3v) is 2.64. The smallest absolute Gasteiger partial charge is 0.0409 e. The second kappa shape index (κ2) is 5.04. The molecule has 0 saturated heterocycles. The SMILES string of the molecule is Cc1cccc(NCc2cccc(Cl)c2)c1. The van der Waals surface area contributed by atoms with Gasteiger partial charge in [0.1, 0.15) is 0 Å². The van der Waals surface area contributed by atoms with Crippen molar-refractivity contribution in [1.82, 2.24) is 0 Å². The average molecular weight is 232 g/mol. The van der Waals surface area contributed by atoms with Crippen molar-refractivity contribution < 1.29 is 0 Å². The molecule has 0 radical (unpaired) electrons. The summed E-state index contributed by atoms with van der Waals surface area (Å²) in [6.07, 6.45) is 0. The molecule has 2 aromatic carbocycles. The van der Waals surface area contributed by atoms with Gasteiger partial charge in [0.25, 0.3) is 0 Å². The van der Waals surface area contributed by atoms with Crippen LogP contribution in [0.3, 0.4) is 0 Å². The molecule has 0 bridgehead atoms. The lowest BCUT2D eigenvalue weighted by Gasteiger charge is -2.07. The monoisotopic (exact) mass is 231 g/mol. The minimum atomic E-state index is 0.781. The number of halogens is 1. The van der Waals surface area contributed by atoms with E-state index in [0.717, 1.165) is 17.3 Å². The largest absolute Gasteiger partial charge is 0.381 e. The molecule has 0 saturated carbocycles. The number of nitrogens with one attached hydrogen (secondary N) is 1. The Morgan fingerprint density at radius 1 is 1.06 bits per heavy atom. The van der Waals surface area contributed by atoms with Gasteiger partial charge >= 0.3 is 0 Å². The summed E-state index contributed by atoms with van der Waals surface area (Å²) < 4.78 is 0. The summed E-state index contributed by atoms with van der Waals surface area (Å²) in [5.41, 5.74) is 3.59. The molecular weight excluding hydrogens is 218 g/mol. The molecule has 0 aliphatic heterocycles. The highest BCUT2D eigenvalue weighted by molar-refractivity contribution is 6.30. The maximum absolute atomic E-state index is 5.92. The first-order valence-electron chi connectivity index (χ1n) is 5.29. The van der Waals surface area contributed by atoms with E-state index >= 15 is 0 Å². The number of hydrogen-bond acceptors (Lipinski definition) is 1. The Morgan fingerprint density at radius 2 is 1.88 bits per heavy atom. The van der Waals surface area contributed by atoms with Gasteiger partial charge in [-0.25, -0.2) is 0 Å². The topological polar surface area (TPSA) is 12.0 Å². The van der Waals surface area contributed by atoms with E-state index in [4.69, 9.17) is 11.6 Å². The van der Waals surface area contributed by atoms with Crippen molar-refractivity contribution >= 4 is 17.3 Å². The Balaban J connectivity index is 2.02. The average Bonchev–Trinajstić information content (AvgIpc) is 2.27. The lowest BCUT2D eigenvalue weighted by molar-refractivity contribution is 1.15. The van der Waals surface area contributed by atoms with Crippen LogP contribution in [0.15, 0.2) is 48.5 Å². The fraction of sp³-hybridized carbons (Fsp3) is 0.143. The van der Waals surface area contributed by atoms with Crippen LogP contribution in [0.25, 0.3) is 0 Å². The molecule has 0 fully saturated rings. The molecule has 2 heteroatoms. The molecule has 0 atom stereocenters. The zero-order valence-corrected chi connectivity index (χ0v) is 9.96. The normalized spacial score (nSPS) is 10.1. The van der Waals surface area contributed by atoms with Crippen molar-refractivity contribution in [3.63, 3.8) is 0 Å². The lowest BCUT2D eigenvalue weighted by Crippen LogP contribution is -1.99. The van der Waals surface area contributed by atoms with Crippen molar-refractivity contribution in [3.8, 4) is 0 Å². The van der Waals surface area contributed by atoms with Gasteiger partial charge in [0.05, 0.1) is 0 Å². The molecular formula is C14H14ClN. The number of aryl methyl sites for hydroxylation is 1. The molecule has 82 valence electrons. The van der Waals surface area contributed by atoms with Crippen LogP contribution in [-0.4, -0.2) is 0 Å². The lowest BCUT2D eigenvalue weighted by atomic mass is 10.2. The number of hydrogen-bond donors (Lipinski definition) is 1. The molecule has 1 nitrogen and oxygen atoms in total. The van der Waals surface area contributed by atoms with E-state index in [1.54, 1.807) is 0 Å². The molecule has 16 heavy (non-hydrogen) atoms. The molecule has 0 unspecified atom stereocenters. The molecule has 0 aromatic heterocycles. The van der Waals surface area contributed by atoms with Gasteiger partial charge in [-0.3, -0.25) is 0 Å². The minimum absolute atomic E-state index is 0.781. The zero-order valence-electron chi connectivity index (χ0n) is 9.20. The minimum Gasteiger partial charge on any atom is -0.381 e. The van der Waals surface area contributed by atoms with Crippen molar-refractivity contribution in [3.05, 3.63) is 64.7 Å². The Kier molecular flexibility index (Phi) is 3.47. The van der Waals surface area contributed by atoms with Gasteiger partial charge in [-0.1, -0.05) is 35.9 Å². The van der Waals surface area contributed by atoms with Crippen LogP contribution in [0.1, 0.15) is 11.1 Å². The van der Waals surface area contributed by atoms with E-state index in [0.29, 0.717) is 0 Å². The third-order valence-electron chi connectivity index (χ3n) is 2.40. The molecule has 0 spiro atoms. The van der Waals surface area contributed by atoms with Crippen LogP contribution < -0.4 is 5.32 Å². The van der Waals surface area contributed by atoms with Gasteiger partial charge in [-0.15, -0.1) is 0 Å². The Morgan fingerprint density at radius 3 is 2.62 bits per heavy atom. The zero-order chi connectivity index (χ0) is 11.4. The highest BCUT2D eigenvalue weighted by Gasteiger charge is 1.95. The Hall–Kier alpha value is -1.47.